The quantitative estimate of drug-likeness (QED) is 0.585. The first-order valence-electron chi connectivity index (χ1n) is 7.71. The van der Waals surface area contributed by atoms with Crippen LogP contribution in [0.2, 0.25) is 0 Å². The molecule has 0 amide bonds. The summed E-state index contributed by atoms with van der Waals surface area (Å²) in [5.41, 5.74) is -0.0824. The van der Waals surface area contributed by atoms with Gasteiger partial charge in [-0.15, -0.1) is 0 Å². The van der Waals surface area contributed by atoms with Gasteiger partial charge in [-0.2, -0.15) is 0 Å². The molecule has 18 heavy (non-hydrogen) atoms. The van der Waals surface area contributed by atoms with Crippen LogP contribution in [-0.2, 0) is 0 Å². The van der Waals surface area contributed by atoms with Gasteiger partial charge in [-0.25, -0.2) is 0 Å². The summed E-state index contributed by atoms with van der Waals surface area (Å²) in [6.45, 7) is 4.97. The summed E-state index contributed by atoms with van der Waals surface area (Å²) in [5, 5.41) is 12.6. The van der Waals surface area contributed by atoms with Crippen LogP contribution >= 0.6 is 0 Å². The van der Waals surface area contributed by atoms with Crippen LogP contribution in [-0.4, -0.2) is 48.3 Å². The van der Waals surface area contributed by atoms with Crippen molar-refractivity contribution in [2.75, 3.05) is 26.7 Å². The lowest BCUT2D eigenvalue weighted by Crippen LogP contribution is -2.43. The molecule has 2 aliphatic rings. The molecule has 0 bridgehead atoms. The maximum absolute atomic E-state index is 9.35. The summed E-state index contributed by atoms with van der Waals surface area (Å²) < 4.78 is 0. The van der Waals surface area contributed by atoms with Crippen molar-refractivity contribution in [1.29, 1.82) is 0 Å². The van der Waals surface area contributed by atoms with Crippen molar-refractivity contribution in [1.82, 2.24) is 10.2 Å². The highest BCUT2D eigenvalue weighted by molar-refractivity contribution is 4.88. The van der Waals surface area contributed by atoms with Crippen LogP contribution in [0.1, 0.15) is 51.9 Å². The van der Waals surface area contributed by atoms with Gasteiger partial charge in [-0.3, -0.25) is 0 Å². The molecule has 0 saturated heterocycles. The zero-order valence-electron chi connectivity index (χ0n) is 12.1. The second kappa shape index (κ2) is 6.36. The Labute approximate surface area is 112 Å². The lowest BCUT2D eigenvalue weighted by Gasteiger charge is -2.27. The second-order valence-electron chi connectivity index (χ2n) is 6.60. The summed E-state index contributed by atoms with van der Waals surface area (Å²) in [6.07, 6.45) is 9.35. The zero-order chi connectivity index (χ0) is 13.0. The summed E-state index contributed by atoms with van der Waals surface area (Å²) in [7, 11) is 1.94. The number of aliphatic hydroxyl groups excluding tert-OH is 1. The Kier molecular flexibility index (Phi) is 5.05. The van der Waals surface area contributed by atoms with E-state index in [4.69, 9.17) is 0 Å². The number of hydrogen-bond donors (Lipinski definition) is 2. The van der Waals surface area contributed by atoms with Gasteiger partial charge in [0, 0.05) is 18.1 Å². The summed E-state index contributed by atoms with van der Waals surface area (Å²) in [5.74, 6) is 1.02. The van der Waals surface area contributed by atoms with E-state index in [1.807, 2.05) is 7.05 Å². The molecule has 2 rings (SSSR count). The van der Waals surface area contributed by atoms with Gasteiger partial charge in [0.25, 0.3) is 0 Å². The highest BCUT2D eigenvalue weighted by Gasteiger charge is 2.33. The van der Waals surface area contributed by atoms with Crippen molar-refractivity contribution >= 4 is 0 Å². The predicted molar refractivity (Wildman–Crippen MR) is 75.7 cm³/mol. The molecular formula is C15H30N2O. The summed E-state index contributed by atoms with van der Waals surface area (Å²) in [6, 6.07) is 0.916. The normalized spacial score (nSPS) is 23.3. The highest BCUT2D eigenvalue weighted by atomic mass is 16.3. The summed E-state index contributed by atoms with van der Waals surface area (Å²) in [4.78, 5) is 2.73. The maximum Gasteiger partial charge on any atom is 0.0610 e. The molecule has 2 N–H and O–H groups in total. The van der Waals surface area contributed by atoms with E-state index in [9.17, 15) is 5.11 Å². The van der Waals surface area contributed by atoms with Crippen LogP contribution in [0.25, 0.3) is 0 Å². The highest BCUT2D eigenvalue weighted by Crippen LogP contribution is 2.34. The van der Waals surface area contributed by atoms with Gasteiger partial charge in [-0.1, -0.05) is 6.42 Å². The molecule has 0 aliphatic heterocycles. The Morgan fingerprint density at radius 1 is 1.22 bits per heavy atom. The standard InChI is InChI=1S/C15H30N2O/c1-15(12-18,16-2)9-3-4-10-17(14-7-8-14)11-13-5-6-13/h13-14,16,18H,3-12H2,1-2H3. The van der Waals surface area contributed by atoms with Crippen LogP contribution in [0.5, 0.6) is 0 Å². The smallest absolute Gasteiger partial charge is 0.0610 e. The molecule has 0 spiro atoms. The van der Waals surface area contributed by atoms with E-state index >= 15 is 0 Å². The van der Waals surface area contributed by atoms with Crippen LogP contribution in [0, 0.1) is 5.92 Å². The van der Waals surface area contributed by atoms with Crippen molar-refractivity contribution in [2.24, 2.45) is 5.92 Å². The van der Waals surface area contributed by atoms with Crippen molar-refractivity contribution in [3.8, 4) is 0 Å². The average molecular weight is 254 g/mol. The third-order valence-corrected chi connectivity index (χ3v) is 4.63. The zero-order valence-corrected chi connectivity index (χ0v) is 12.1. The Morgan fingerprint density at radius 3 is 2.44 bits per heavy atom. The van der Waals surface area contributed by atoms with E-state index in [0.717, 1.165) is 18.4 Å². The molecular weight excluding hydrogens is 224 g/mol. The van der Waals surface area contributed by atoms with Crippen molar-refractivity contribution in [3.63, 3.8) is 0 Å². The number of nitrogens with zero attached hydrogens (tertiary/aromatic N) is 1. The minimum absolute atomic E-state index is 0.0824. The molecule has 2 fully saturated rings. The fourth-order valence-corrected chi connectivity index (χ4v) is 2.61. The Morgan fingerprint density at radius 2 is 1.94 bits per heavy atom. The molecule has 1 unspecified atom stereocenters. The number of unbranched alkanes of at least 4 members (excludes halogenated alkanes) is 1. The first-order chi connectivity index (χ1) is 8.67. The first-order valence-corrected chi connectivity index (χ1v) is 7.71. The Hall–Kier alpha value is -0.120. The van der Waals surface area contributed by atoms with E-state index in [1.54, 1.807) is 0 Å². The number of rotatable bonds is 10. The van der Waals surface area contributed by atoms with Gasteiger partial charge >= 0.3 is 0 Å². The molecule has 2 aliphatic carbocycles. The molecule has 3 heteroatoms. The van der Waals surface area contributed by atoms with Crippen LogP contribution < -0.4 is 5.32 Å². The molecule has 0 aromatic heterocycles. The van der Waals surface area contributed by atoms with E-state index in [1.165, 1.54) is 51.6 Å². The largest absolute Gasteiger partial charge is 0.394 e. The third-order valence-electron chi connectivity index (χ3n) is 4.63. The van der Waals surface area contributed by atoms with E-state index in [0.29, 0.717) is 0 Å². The van der Waals surface area contributed by atoms with Crippen LogP contribution in [0.3, 0.4) is 0 Å². The molecule has 0 aromatic rings. The van der Waals surface area contributed by atoms with Gasteiger partial charge in [0.15, 0.2) is 0 Å². The summed E-state index contributed by atoms with van der Waals surface area (Å²) >= 11 is 0. The minimum atomic E-state index is -0.0824. The topological polar surface area (TPSA) is 35.5 Å². The number of nitrogens with one attached hydrogen (secondary N) is 1. The second-order valence-corrected chi connectivity index (χ2v) is 6.60. The van der Waals surface area contributed by atoms with Crippen molar-refractivity contribution in [2.45, 2.75) is 63.5 Å². The molecule has 3 nitrogen and oxygen atoms in total. The first kappa shape index (κ1) is 14.3. The van der Waals surface area contributed by atoms with Crippen LogP contribution in [0.15, 0.2) is 0 Å². The van der Waals surface area contributed by atoms with Crippen LogP contribution in [0.4, 0.5) is 0 Å². The van der Waals surface area contributed by atoms with E-state index < -0.39 is 0 Å². The lowest BCUT2D eigenvalue weighted by molar-refractivity contribution is 0.167. The number of aliphatic hydroxyl groups is 1. The Balaban J connectivity index is 1.60. The molecule has 0 heterocycles. The number of likely N-dealkylation sites (N-methyl/N-ethyl adjacent to an activating group) is 1. The fraction of sp³-hybridized carbons (Fsp3) is 1.00. The molecule has 2 saturated carbocycles. The SMILES string of the molecule is CNC(C)(CO)CCCCN(CC1CC1)C1CC1. The molecule has 0 aromatic carbocycles. The molecule has 0 radical (unpaired) electrons. The third kappa shape index (κ3) is 4.52. The van der Waals surface area contributed by atoms with Gasteiger partial charge in [0.1, 0.15) is 0 Å². The minimum Gasteiger partial charge on any atom is -0.394 e. The lowest BCUT2D eigenvalue weighted by atomic mass is 9.96. The monoisotopic (exact) mass is 254 g/mol. The number of hydrogen-bond acceptors (Lipinski definition) is 3. The maximum atomic E-state index is 9.35. The van der Waals surface area contributed by atoms with E-state index in [2.05, 4.69) is 17.1 Å². The molecule has 1 atom stereocenters. The molecule has 106 valence electrons. The van der Waals surface area contributed by atoms with Gasteiger partial charge < -0.3 is 15.3 Å². The van der Waals surface area contributed by atoms with E-state index in [-0.39, 0.29) is 12.1 Å². The fourth-order valence-electron chi connectivity index (χ4n) is 2.61. The van der Waals surface area contributed by atoms with Gasteiger partial charge in [-0.05, 0) is 65.0 Å². The Bertz CT molecular complexity index is 245. The van der Waals surface area contributed by atoms with Gasteiger partial charge in [0.05, 0.1) is 6.61 Å². The van der Waals surface area contributed by atoms with Crippen molar-refractivity contribution < 1.29 is 5.11 Å². The van der Waals surface area contributed by atoms with Gasteiger partial charge in [0.2, 0.25) is 0 Å². The average Bonchev–Trinajstić information content (AvgIpc) is 3.25. The van der Waals surface area contributed by atoms with Crippen molar-refractivity contribution in [3.05, 3.63) is 0 Å². The predicted octanol–water partition coefficient (Wildman–Crippen LogP) is 2.00.